The normalized spacial score (nSPS) is 43.5. The summed E-state index contributed by atoms with van der Waals surface area (Å²) in [7, 11) is 14.8. The lowest BCUT2D eigenvalue weighted by Crippen LogP contribution is -2.60. The van der Waals surface area contributed by atoms with Gasteiger partial charge >= 0.3 is 11.9 Å². The van der Waals surface area contributed by atoms with Crippen molar-refractivity contribution in [2.75, 3.05) is 63.2 Å². The highest BCUT2D eigenvalue weighted by atomic mass is 16.7. The summed E-state index contributed by atoms with van der Waals surface area (Å²) in [5.41, 5.74) is 1.49. The van der Waals surface area contributed by atoms with E-state index < -0.39 is 42.9 Å². The molecule has 8 fully saturated rings. The predicted molar refractivity (Wildman–Crippen MR) is 425 cm³/mol. The fraction of sp³-hybridized carbons (Fsp3) is 0.820. The van der Waals surface area contributed by atoms with E-state index in [1.807, 2.05) is 39.8 Å². The van der Waals surface area contributed by atoms with Crippen molar-refractivity contribution in [2.45, 2.75) is 334 Å². The van der Waals surface area contributed by atoms with E-state index in [2.05, 4.69) is 121 Å². The molecule has 6 aliphatic carbocycles. The fourth-order valence-electron chi connectivity index (χ4n) is 20.9. The Morgan fingerprint density at radius 3 is 1.30 bits per heavy atom. The van der Waals surface area contributed by atoms with Crippen LogP contribution in [0.5, 0.6) is 0 Å². The lowest BCUT2D eigenvalue weighted by molar-refractivity contribution is -0.317. The number of cyclic esters (lactones) is 2. The van der Waals surface area contributed by atoms with E-state index in [9.17, 15) is 24.3 Å². The van der Waals surface area contributed by atoms with Crippen LogP contribution in [0.25, 0.3) is 0 Å². The Hall–Kier alpha value is -3.92. The number of methoxy groups -OCH3 is 4. The molecule has 22 heteroatoms. The third-order valence-electron chi connectivity index (χ3n) is 26.7. The molecule has 0 aromatic carbocycles. The van der Waals surface area contributed by atoms with Gasteiger partial charge in [0.1, 0.15) is 48.8 Å². The van der Waals surface area contributed by atoms with Crippen LogP contribution in [-0.2, 0) is 90.2 Å². The number of carbonyl (C=O) groups excluding carboxylic acids is 4. The quantitative estimate of drug-likeness (QED) is 0.0831. The Morgan fingerprint density at radius 1 is 0.477 bits per heavy atom. The number of allylic oxidation sites excluding steroid dienone is 10. The van der Waals surface area contributed by atoms with Gasteiger partial charge in [-0.2, -0.15) is 0 Å². The number of aliphatic hydroxyl groups is 1. The van der Waals surface area contributed by atoms with Crippen molar-refractivity contribution < 1.29 is 95.3 Å². The zero-order valence-electron chi connectivity index (χ0n) is 68.6. The molecule has 0 bridgehead atoms. The van der Waals surface area contributed by atoms with Gasteiger partial charge in [-0.15, -0.1) is 0 Å². The van der Waals surface area contributed by atoms with Crippen molar-refractivity contribution in [2.24, 2.45) is 71.0 Å². The summed E-state index contributed by atoms with van der Waals surface area (Å²) < 4.78 is 93.7. The Morgan fingerprint density at radius 2 is 0.901 bits per heavy atom. The van der Waals surface area contributed by atoms with Crippen molar-refractivity contribution in [1.29, 1.82) is 0 Å². The fourth-order valence-corrected chi connectivity index (χ4v) is 20.9. The molecule has 0 radical (unpaired) electrons. The summed E-state index contributed by atoms with van der Waals surface area (Å²) in [6.07, 6.45) is 28.5. The van der Waals surface area contributed by atoms with Gasteiger partial charge in [-0.3, -0.25) is 19.2 Å². The minimum Gasteiger partial charge on any atom is -0.458 e. The van der Waals surface area contributed by atoms with Crippen molar-refractivity contribution >= 4 is 23.5 Å². The topological polar surface area (TPSA) is 233 Å². The third kappa shape index (κ3) is 21.3. The van der Waals surface area contributed by atoms with Crippen molar-refractivity contribution in [1.82, 2.24) is 9.80 Å². The number of carbonyl (C=O) groups is 4. The minimum atomic E-state index is -0.885. The second kappa shape index (κ2) is 42.0. The van der Waals surface area contributed by atoms with Crippen LogP contribution in [0.3, 0.4) is 0 Å². The number of esters is 2. The summed E-state index contributed by atoms with van der Waals surface area (Å²) in [6.45, 7) is 18.9. The number of Topliss-reactive ketones (excluding diaryl/α,β-unsaturated/α-hetero) is 2. The van der Waals surface area contributed by atoms with Crippen LogP contribution < -0.4 is 0 Å². The Labute approximate surface area is 665 Å². The van der Waals surface area contributed by atoms with E-state index in [-0.39, 0.29) is 202 Å². The number of fused-ring (bicyclic) bond motifs is 10. The van der Waals surface area contributed by atoms with Gasteiger partial charge < -0.3 is 86.0 Å². The predicted octanol–water partition coefficient (Wildman–Crippen LogP) is 13.5. The van der Waals surface area contributed by atoms with Gasteiger partial charge in [0.2, 0.25) is 0 Å². The summed E-state index contributed by atoms with van der Waals surface area (Å²) in [4.78, 5) is 61.2. The molecule has 0 aromatic heterocycles. The number of aliphatic hydroxyl groups excluding tert-OH is 1. The zero-order valence-corrected chi connectivity index (χ0v) is 68.6. The molecule has 6 heterocycles. The van der Waals surface area contributed by atoms with Crippen LogP contribution >= 0.6 is 0 Å². The molecule has 12 unspecified atom stereocenters. The number of ether oxygens (including phenoxy) is 15. The summed E-state index contributed by atoms with van der Waals surface area (Å²) in [6, 6.07) is 0.655. The maximum atomic E-state index is 14.8. The van der Waals surface area contributed by atoms with E-state index in [1.54, 1.807) is 28.4 Å². The molecular weight excluding hydrogens is 1420 g/mol. The van der Waals surface area contributed by atoms with Gasteiger partial charge in [-0.25, -0.2) is 0 Å². The Kier molecular flexibility index (Phi) is 34.4. The third-order valence-corrected chi connectivity index (χ3v) is 26.7. The van der Waals surface area contributed by atoms with Crippen molar-refractivity contribution in [3.63, 3.8) is 0 Å². The summed E-state index contributed by atoms with van der Waals surface area (Å²) in [5.74, 6) is -0.407. The number of hydrogen-bond donors (Lipinski definition) is 1. The highest BCUT2D eigenvalue weighted by Crippen LogP contribution is 2.57. The van der Waals surface area contributed by atoms with Crippen LogP contribution in [0, 0.1) is 71.0 Å². The molecule has 0 amide bonds. The van der Waals surface area contributed by atoms with E-state index >= 15 is 0 Å². The molecule has 34 atom stereocenters. The van der Waals surface area contributed by atoms with Gasteiger partial charge in [0.15, 0.2) is 36.7 Å². The molecule has 12 aliphatic rings. The molecule has 2 saturated carbocycles. The number of rotatable bonds is 21. The van der Waals surface area contributed by atoms with E-state index in [4.69, 9.17) is 71.1 Å². The molecule has 630 valence electrons. The Bertz CT molecular complexity index is 3150. The largest absolute Gasteiger partial charge is 0.458 e. The molecular formula is C89H144N2O20. The maximum Gasteiger partial charge on any atom is 0.307 e. The van der Waals surface area contributed by atoms with Gasteiger partial charge in [-0.1, -0.05) is 98.1 Å². The first-order chi connectivity index (χ1) is 52.4. The van der Waals surface area contributed by atoms with Crippen molar-refractivity contribution in [3.8, 4) is 0 Å². The summed E-state index contributed by atoms with van der Waals surface area (Å²) in [5, 5.41) is 11.0. The summed E-state index contributed by atoms with van der Waals surface area (Å²) >= 11 is 0. The molecule has 1 N–H and O–H groups in total. The minimum absolute atomic E-state index is 0. The molecule has 111 heavy (non-hydrogen) atoms. The number of likely N-dealkylation sites (N-methyl/N-ethyl adjacent to an activating group) is 2. The van der Waals surface area contributed by atoms with Gasteiger partial charge in [0.25, 0.3) is 0 Å². The van der Waals surface area contributed by atoms with Crippen LogP contribution in [0.15, 0.2) is 71.9 Å². The second-order valence-electron chi connectivity index (χ2n) is 34.1. The average molecular weight is 1560 g/mol. The molecule has 12 rings (SSSR count). The first-order valence-corrected chi connectivity index (χ1v) is 42.0. The average Bonchev–Trinajstić information content (AvgIpc) is 1.60. The van der Waals surface area contributed by atoms with E-state index in [0.717, 1.165) is 94.6 Å². The molecule has 0 aromatic rings. The lowest BCUT2D eigenvalue weighted by atomic mass is 9.70. The van der Waals surface area contributed by atoms with Gasteiger partial charge in [-0.05, 0) is 236 Å². The number of nitrogens with zero attached hydrogens (tertiary/aromatic N) is 2. The van der Waals surface area contributed by atoms with Gasteiger partial charge in [0.05, 0.1) is 61.7 Å². The maximum absolute atomic E-state index is 14.8. The van der Waals surface area contributed by atoms with Crippen LogP contribution in [0.2, 0.25) is 0 Å². The van der Waals surface area contributed by atoms with Crippen LogP contribution in [0.1, 0.15) is 199 Å². The monoisotopic (exact) mass is 1560 g/mol. The van der Waals surface area contributed by atoms with Crippen LogP contribution in [0.4, 0.5) is 0 Å². The second-order valence-corrected chi connectivity index (χ2v) is 34.1. The standard InChI is InChI=1S/C45H71NO10.C42H65NO10.2CH4/c1-10-12-14-30-15-13-16-38(56-40-20-19-37(46(6)7)27(4)52-40)26(3)41(48)36-24-34-32(35(36)25-39(47)54-30)18-17-29-22-31(23-33(29)34)55-45-44(50-9)43(51-21-11-2)42(49-8)28(5)53-45;1-9-10-12-27-13-11-14-35(53-37-18-17-34(43(5)6)24(3)49-37)23(2)38(45)33-21-31-29(32(33)22-36(44)51-27)16-15-26-19-28(20-30(26)31)52-42-41(48-8)39(46)40(47-7)25(4)50-42;;/h12,14,17-18,24,26-35,37-38,40,42-45H,10-11,13,15-16,19-23,25H2,1-9H3;10,12,15-16,21,23-32,34-35,37,39-42,46H,9,11,13-14,17-20,22H2,1-8H3;2*1H4/b14-12+;12-10+;;/t26-,27-,28+,29?,30+,31-,32?,33?,34?,35?,37+,38+,40?,42+,43-,44-,45+;23-,24-,25+,26?,27+,28+,29?,30?,31?,32?,34+,35+,37?,39-,40+,41-,42-;;/m11../s1. The lowest BCUT2D eigenvalue weighted by Gasteiger charge is -2.44. The highest BCUT2D eigenvalue weighted by molar-refractivity contribution is 6.00. The molecule has 22 nitrogen and oxygen atoms in total. The number of hydrogen-bond acceptors (Lipinski definition) is 22. The van der Waals surface area contributed by atoms with E-state index in [1.165, 1.54) is 0 Å². The zero-order chi connectivity index (χ0) is 78.1. The molecule has 6 aliphatic heterocycles. The first kappa shape index (κ1) is 91.0. The number of ketones is 2. The highest BCUT2D eigenvalue weighted by Gasteiger charge is 2.56. The van der Waals surface area contributed by atoms with E-state index in [0.29, 0.717) is 44.4 Å². The van der Waals surface area contributed by atoms with Crippen molar-refractivity contribution in [3.05, 3.63) is 71.9 Å². The molecule has 6 saturated heterocycles. The first-order valence-electron chi connectivity index (χ1n) is 42.0. The molecule has 0 spiro atoms. The van der Waals surface area contributed by atoms with Gasteiger partial charge in [0, 0.05) is 70.8 Å². The Balaban J connectivity index is 0.000000251. The smallest absolute Gasteiger partial charge is 0.307 e. The SMILES string of the molecule is C.C.CC/C=C/[C@H]1CCC[C@H](OC2CC[C@H](N(C)C)[C@@H](C)O2)[C@@H](C)C(=O)C2=CC3C(C=CC4C[C@@H](O[C@@H]5O[C@@H](C)[C@H](OC)[C@@H](OCCC)[C@H]5OC)CC43)C2CC(=O)O1.CC/C=C/[C@H]1CCC[C@H](OC2CC[C@H](N(C)C)[C@@H](C)O2)[C@@H](C)C(=O)C2=CC3C(C=CC4C[C@H](O[C@H]5O[C@@H](C)[C@H](OC)[C@@H](O)[C@H]5OC)CC43)C2CC(=O)O1. The van der Waals surface area contributed by atoms with Crippen LogP contribution in [-0.4, -0.2) is 237 Å².